The van der Waals surface area contributed by atoms with Crippen LogP contribution < -0.4 is 5.73 Å². The Morgan fingerprint density at radius 1 is 1.26 bits per heavy atom. The molecule has 2 aromatic rings. The van der Waals surface area contributed by atoms with Crippen molar-refractivity contribution in [2.75, 3.05) is 6.54 Å². The number of aromatic nitrogens is 2. The number of aryl methyl sites for hydroxylation is 1. The van der Waals surface area contributed by atoms with Crippen molar-refractivity contribution in [2.24, 2.45) is 11.7 Å². The second kappa shape index (κ2) is 6.82. The van der Waals surface area contributed by atoms with Gasteiger partial charge in [0, 0.05) is 16.5 Å². The Bertz CT molecular complexity index is 510. The van der Waals surface area contributed by atoms with Crippen molar-refractivity contribution in [3.63, 3.8) is 0 Å². The fourth-order valence-corrected chi connectivity index (χ4v) is 2.14. The lowest BCUT2D eigenvalue weighted by atomic mass is 10.0. The number of rotatable bonds is 6. The Morgan fingerprint density at radius 3 is 2.68 bits per heavy atom. The van der Waals surface area contributed by atoms with E-state index in [1.54, 1.807) is 0 Å². The molecule has 0 spiro atoms. The van der Waals surface area contributed by atoms with Crippen molar-refractivity contribution in [2.45, 2.75) is 26.2 Å². The van der Waals surface area contributed by atoms with Gasteiger partial charge < -0.3 is 10.3 Å². The van der Waals surface area contributed by atoms with E-state index in [-0.39, 0.29) is 0 Å². The van der Waals surface area contributed by atoms with Gasteiger partial charge in [0.2, 0.25) is 11.7 Å². The Hall–Kier alpha value is -1.20. The van der Waals surface area contributed by atoms with Crippen LogP contribution in [0.25, 0.3) is 11.4 Å². The SMILES string of the molecule is CC(CCN)CCc1nc(-c2ccc(Br)cc2)no1. The van der Waals surface area contributed by atoms with Gasteiger partial charge in [0.25, 0.3) is 0 Å². The minimum atomic E-state index is 0.591. The summed E-state index contributed by atoms with van der Waals surface area (Å²) in [4.78, 5) is 4.42. The highest BCUT2D eigenvalue weighted by Crippen LogP contribution is 2.20. The first kappa shape index (κ1) is 14.2. The van der Waals surface area contributed by atoms with Crippen LogP contribution in [0.5, 0.6) is 0 Å². The summed E-state index contributed by atoms with van der Waals surface area (Å²) in [5.41, 5.74) is 6.50. The summed E-state index contributed by atoms with van der Waals surface area (Å²) in [7, 11) is 0. The Morgan fingerprint density at radius 2 is 2.00 bits per heavy atom. The van der Waals surface area contributed by atoms with E-state index in [9.17, 15) is 0 Å². The molecule has 4 nitrogen and oxygen atoms in total. The largest absolute Gasteiger partial charge is 0.339 e. The van der Waals surface area contributed by atoms with Gasteiger partial charge >= 0.3 is 0 Å². The quantitative estimate of drug-likeness (QED) is 0.884. The molecule has 0 aliphatic rings. The number of nitrogens with zero attached hydrogens (tertiary/aromatic N) is 2. The summed E-state index contributed by atoms with van der Waals surface area (Å²) >= 11 is 3.40. The maximum Gasteiger partial charge on any atom is 0.226 e. The van der Waals surface area contributed by atoms with E-state index in [0.717, 1.165) is 35.8 Å². The molecule has 19 heavy (non-hydrogen) atoms. The molecule has 1 aromatic carbocycles. The molecule has 2 N–H and O–H groups in total. The smallest absolute Gasteiger partial charge is 0.226 e. The average molecular weight is 324 g/mol. The summed E-state index contributed by atoms with van der Waals surface area (Å²) in [6, 6.07) is 7.87. The summed E-state index contributed by atoms with van der Waals surface area (Å²) in [5.74, 6) is 1.93. The van der Waals surface area contributed by atoms with Gasteiger partial charge in [-0.1, -0.05) is 28.0 Å². The third kappa shape index (κ3) is 4.14. The maximum absolute atomic E-state index is 5.54. The molecule has 0 saturated heterocycles. The van der Waals surface area contributed by atoms with Gasteiger partial charge in [-0.05, 0) is 49.6 Å². The van der Waals surface area contributed by atoms with Crippen LogP contribution >= 0.6 is 15.9 Å². The molecule has 1 atom stereocenters. The topological polar surface area (TPSA) is 64.9 Å². The number of benzene rings is 1. The van der Waals surface area contributed by atoms with Crippen LogP contribution in [-0.2, 0) is 6.42 Å². The molecule has 0 fully saturated rings. The van der Waals surface area contributed by atoms with Gasteiger partial charge in [-0.15, -0.1) is 0 Å². The molecule has 102 valence electrons. The van der Waals surface area contributed by atoms with Crippen LogP contribution in [0.2, 0.25) is 0 Å². The van der Waals surface area contributed by atoms with E-state index in [0.29, 0.717) is 17.6 Å². The van der Waals surface area contributed by atoms with Crippen molar-refractivity contribution in [1.29, 1.82) is 0 Å². The maximum atomic E-state index is 5.54. The third-order valence-electron chi connectivity index (χ3n) is 3.08. The molecule has 0 bridgehead atoms. The fourth-order valence-electron chi connectivity index (χ4n) is 1.87. The van der Waals surface area contributed by atoms with Crippen LogP contribution in [0.3, 0.4) is 0 Å². The van der Waals surface area contributed by atoms with Gasteiger partial charge in [-0.3, -0.25) is 0 Å². The van der Waals surface area contributed by atoms with Gasteiger partial charge in [0.05, 0.1) is 0 Å². The monoisotopic (exact) mass is 323 g/mol. The van der Waals surface area contributed by atoms with Gasteiger partial charge in [-0.25, -0.2) is 0 Å². The van der Waals surface area contributed by atoms with Crippen molar-refractivity contribution in [1.82, 2.24) is 10.1 Å². The zero-order valence-electron chi connectivity index (χ0n) is 11.0. The Balaban J connectivity index is 1.97. The molecular formula is C14H18BrN3O. The first-order valence-electron chi connectivity index (χ1n) is 6.47. The molecule has 0 aliphatic carbocycles. The predicted octanol–water partition coefficient (Wildman–Crippen LogP) is 3.42. The normalized spacial score (nSPS) is 12.6. The summed E-state index contributed by atoms with van der Waals surface area (Å²) in [6.45, 7) is 2.92. The van der Waals surface area contributed by atoms with Crippen LogP contribution in [0, 0.1) is 5.92 Å². The molecule has 0 aliphatic heterocycles. The molecule has 0 saturated carbocycles. The Labute approximate surface area is 121 Å². The minimum Gasteiger partial charge on any atom is -0.339 e. The van der Waals surface area contributed by atoms with Gasteiger partial charge in [0.1, 0.15) is 0 Å². The lowest BCUT2D eigenvalue weighted by Gasteiger charge is -2.06. The molecule has 0 radical (unpaired) electrons. The zero-order chi connectivity index (χ0) is 13.7. The number of halogens is 1. The molecule has 5 heteroatoms. The van der Waals surface area contributed by atoms with Crippen LogP contribution in [0.1, 0.15) is 25.7 Å². The van der Waals surface area contributed by atoms with E-state index in [4.69, 9.17) is 10.3 Å². The fraction of sp³-hybridized carbons (Fsp3) is 0.429. The first-order chi connectivity index (χ1) is 9.19. The standard InChI is InChI=1S/C14H18BrN3O/c1-10(8-9-16)2-7-13-17-14(18-19-13)11-3-5-12(15)6-4-11/h3-6,10H,2,7-9,16H2,1H3. The van der Waals surface area contributed by atoms with Gasteiger partial charge in [0.15, 0.2) is 0 Å². The third-order valence-corrected chi connectivity index (χ3v) is 3.61. The highest BCUT2D eigenvalue weighted by molar-refractivity contribution is 9.10. The summed E-state index contributed by atoms with van der Waals surface area (Å²) < 4.78 is 6.31. The molecule has 1 heterocycles. The van der Waals surface area contributed by atoms with Crippen LogP contribution in [0.4, 0.5) is 0 Å². The molecule has 1 aromatic heterocycles. The molecule has 2 rings (SSSR count). The van der Waals surface area contributed by atoms with Crippen molar-refractivity contribution in [3.8, 4) is 11.4 Å². The molecule has 1 unspecified atom stereocenters. The number of nitrogens with two attached hydrogens (primary N) is 1. The molecule has 0 amide bonds. The minimum absolute atomic E-state index is 0.591. The lowest BCUT2D eigenvalue weighted by molar-refractivity contribution is 0.362. The van der Waals surface area contributed by atoms with Crippen LogP contribution in [-0.4, -0.2) is 16.7 Å². The second-order valence-corrected chi connectivity index (χ2v) is 5.66. The van der Waals surface area contributed by atoms with E-state index in [1.807, 2.05) is 24.3 Å². The highest BCUT2D eigenvalue weighted by atomic mass is 79.9. The predicted molar refractivity (Wildman–Crippen MR) is 78.6 cm³/mol. The van der Waals surface area contributed by atoms with Gasteiger partial charge in [-0.2, -0.15) is 4.98 Å². The van der Waals surface area contributed by atoms with Crippen molar-refractivity contribution >= 4 is 15.9 Å². The first-order valence-corrected chi connectivity index (χ1v) is 7.27. The average Bonchev–Trinajstić information content (AvgIpc) is 2.86. The number of hydrogen-bond acceptors (Lipinski definition) is 4. The second-order valence-electron chi connectivity index (χ2n) is 4.74. The zero-order valence-corrected chi connectivity index (χ0v) is 12.6. The summed E-state index contributed by atoms with van der Waals surface area (Å²) in [5, 5.41) is 4.01. The van der Waals surface area contributed by atoms with E-state index in [2.05, 4.69) is 33.0 Å². The number of hydrogen-bond donors (Lipinski definition) is 1. The van der Waals surface area contributed by atoms with Crippen LogP contribution in [0.15, 0.2) is 33.3 Å². The van der Waals surface area contributed by atoms with E-state index >= 15 is 0 Å². The van der Waals surface area contributed by atoms with E-state index < -0.39 is 0 Å². The Kier molecular flexibility index (Phi) is 5.10. The summed E-state index contributed by atoms with van der Waals surface area (Å²) in [6.07, 6.45) is 2.87. The lowest BCUT2D eigenvalue weighted by Crippen LogP contribution is -2.06. The molecular weight excluding hydrogens is 306 g/mol. The van der Waals surface area contributed by atoms with Crippen molar-refractivity contribution < 1.29 is 4.52 Å². The highest BCUT2D eigenvalue weighted by Gasteiger charge is 2.10. The van der Waals surface area contributed by atoms with E-state index in [1.165, 1.54) is 0 Å². The van der Waals surface area contributed by atoms with Crippen molar-refractivity contribution in [3.05, 3.63) is 34.6 Å².